The Balaban J connectivity index is 1.45. The van der Waals surface area contributed by atoms with Gasteiger partial charge in [0.15, 0.2) is 16.6 Å². The maximum Gasteiger partial charge on any atom is 0.301 e. The maximum atomic E-state index is 14.0. The molecule has 6 rings (SSSR count). The first-order chi connectivity index (χ1) is 21.9. The van der Waals surface area contributed by atoms with Gasteiger partial charge in [-0.25, -0.2) is 9.37 Å². The molecule has 5 aromatic rings. The number of thiazole rings is 1. The van der Waals surface area contributed by atoms with Crippen molar-refractivity contribution in [3.05, 3.63) is 119 Å². The molecular formula is C35H29FN2O6S. The molecule has 0 saturated carbocycles. The molecular weight excluding hydrogens is 595 g/mol. The number of aromatic nitrogens is 1. The van der Waals surface area contributed by atoms with E-state index in [1.54, 1.807) is 42.5 Å². The van der Waals surface area contributed by atoms with Crippen molar-refractivity contribution in [2.45, 2.75) is 26.0 Å². The van der Waals surface area contributed by atoms with Gasteiger partial charge in [0.25, 0.3) is 5.78 Å². The summed E-state index contributed by atoms with van der Waals surface area (Å²) in [5.41, 5.74) is 2.14. The fourth-order valence-electron chi connectivity index (χ4n) is 5.13. The number of amides is 1. The topological polar surface area (TPSA) is 98.2 Å². The molecule has 0 bridgehead atoms. The first-order valence-electron chi connectivity index (χ1n) is 14.3. The zero-order valence-electron chi connectivity index (χ0n) is 24.5. The Kier molecular flexibility index (Phi) is 8.48. The number of ketones is 1. The summed E-state index contributed by atoms with van der Waals surface area (Å²) >= 11 is 1.08. The molecule has 1 N–H and O–H groups in total. The lowest BCUT2D eigenvalue weighted by Crippen LogP contribution is -2.29. The summed E-state index contributed by atoms with van der Waals surface area (Å²) in [6.07, 6.45) is 0.836. The summed E-state index contributed by atoms with van der Waals surface area (Å²) < 4.78 is 31.9. The molecule has 0 aliphatic carbocycles. The highest BCUT2D eigenvalue weighted by Gasteiger charge is 2.48. The number of ether oxygens (including phenoxy) is 3. The molecule has 1 aliphatic heterocycles. The molecule has 0 radical (unpaired) electrons. The van der Waals surface area contributed by atoms with Crippen molar-refractivity contribution >= 4 is 44.1 Å². The molecule has 1 saturated heterocycles. The van der Waals surface area contributed by atoms with Gasteiger partial charge in [0.1, 0.15) is 23.9 Å². The number of aliphatic hydroxyl groups is 1. The maximum absolute atomic E-state index is 14.0. The van der Waals surface area contributed by atoms with Crippen LogP contribution in [0.3, 0.4) is 0 Å². The minimum Gasteiger partial charge on any atom is -0.507 e. The number of hydrogen-bond acceptors (Lipinski definition) is 8. The Hall–Kier alpha value is -5.22. The van der Waals surface area contributed by atoms with Crippen molar-refractivity contribution in [3.8, 4) is 17.2 Å². The minimum atomic E-state index is -1.07. The lowest BCUT2D eigenvalue weighted by atomic mass is 9.95. The van der Waals surface area contributed by atoms with Crippen LogP contribution in [0.15, 0.2) is 96.6 Å². The van der Waals surface area contributed by atoms with Gasteiger partial charge in [-0.3, -0.25) is 14.5 Å². The Morgan fingerprint density at radius 1 is 0.956 bits per heavy atom. The molecule has 1 fully saturated rings. The molecule has 228 valence electrons. The average molecular weight is 625 g/mol. The second-order valence-corrected chi connectivity index (χ2v) is 11.3. The van der Waals surface area contributed by atoms with Crippen LogP contribution < -0.4 is 19.1 Å². The summed E-state index contributed by atoms with van der Waals surface area (Å²) in [6.45, 7) is 2.84. The molecule has 1 unspecified atom stereocenters. The Bertz CT molecular complexity index is 1910. The Morgan fingerprint density at radius 3 is 2.47 bits per heavy atom. The van der Waals surface area contributed by atoms with Crippen molar-refractivity contribution < 1.29 is 33.3 Å². The molecule has 10 heteroatoms. The van der Waals surface area contributed by atoms with Crippen molar-refractivity contribution in [2.24, 2.45) is 0 Å². The lowest BCUT2D eigenvalue weighted by molar-refractivity contribution is -0.132. The van der Waals surface area contributed by atoms with Crippen LogP contribution in [0.25, 0.3) is 16.0 Å². The van der Waals surface area contributed by atoms with Gasteiger partial charge in [-0.2, -0.15) is 0 Å². The van der Waals surface area contributed by atoms with Crippen molar-refractivity contribution in [1.82, 2.24) is 4.98 Å². The third kappa shape index (κ3) is 5.97. The van der Waals surface area contributed by atoms with Crippen LogP contribution in [0.2, 0.25) is 0 Å². The highest BCUT2D eigenvalue weighted by Crippen LogP contribution is 2.46. The Labute approximate surface area is 262 Å². The number of nitrogens with zero attached hydrogens (tertiary/aromatic N) is 2. The number of fused-ring (bicyclic) bond motifs is 1. The highest BCUT2D eigenvalue weighted by molar-refractivity contribution is 7.22. The normalized spacial score (nSPS) is 15.9. The number of methoxy groups -OCH3 is 1. The number of carbonyl (C=O) groups is 2. The standard InChI is InChI=1S/C35H29FN2O6S/c1-3-17-43-25-13-9-22(10-14-25)32(39)30-31(23-11-16-27(28(18-23)42-2)44-20-21-7-5-4-6-8-21)38(34(41)33(30)40)35-37-26-15-12-24(36)19-29(26)45-35/h4-16,18-19,31,39H,3,17,20H2,1-2H3/b32-30+. The summed E-state index contributed by atoms with van der Waals surface area (Å²) in [5, 5.41) is 11.7. The molecule has 1 aromatic heterocycles. The number of anilines is 1. The summed E-state index contributed by atoms with van der Waals surface area (Å²) in [5.74, 6) is -1.09. The smallest absolute Gasteiger partial charge is 0.301 e. The van der Waals surface area contributed by atoms with Gasteiger partial charge >= 0.3 is 5.91 Å². The van der Waals surface area contributed by atoms with Crippen molar-refractivity contribution in [1.29, 1.82) is 0 Å². The van der Waals surface area contributed by atoms with E-state index in [4.69, 9.17) is 14.2 Å². The van der Waals surface area contributed by atoms with E-state index in [0.29, 0.717) is 51.8 Å². The number of benzene rings is 4. The van der Waals surface area contributed by atoms with Gasteiger partial charge < -0.3 is 19.3 Å². The van der Waals surface area contributed by atoms with E-state index in [2.05, 4.69) is 4.98 Å². The number of aliphatic hydroxyl groups excluding tert-OH is 1. The van der Waals surface area contributed by atoms with Crippen molar-refractivity contribution in [3.63, 3.8) is 0 Å². The highest BCUT2D eigenvalue weighted by atomic mass is 32.1. The molecule has 2 heterocycles. The van der Waals surface area contributed by atoms with Crippen LogP contribution in [0.5, 0.6) is 17.2 Å². The lowest BCUT2D eigenvalue weighted by Gasteiger charge is -2.24. The van der Waals surface area contributed by atoms with E-state index in [1.807, 2.05) is 37.3 Å². The molecule has 45 heavy (non-hydrogen) atoms. The number of hydrogen-bond donors (Lipinski definition) is 1. The fourth-order valence-corrected chi connectivity index (χ4v) is 6.14. The van der Waals surface area contributed by atoms with E-state index >= 15 is 0 Å². The third-order valence-corrected chi connectivity index (χ3v) is 8.35. The predicted molar refractivity (Wildman–Crippen MR) is 170 cm³/mol. The second-order valence-electron chi connectivity index (χ2n) is 10.3. The van der Waals surface area contributed by atoms with E-state index in [1.165, 1.54) is 30.2 Å². The molecule has 8 nitrogen and oxygen atoms in total. The predicted octanol–water partition coefficient (Wildman–Crippen LogP) is 7.44. The van der Waals surface area contributed by atoms with E-state index < -0.39 is 23.5 Å². The molecule has 0 spiro atoms. The van der Waals surface area contributed by atoms with Crippen LogP contribution in [0.4, 0.5) is 9.52 Å². The zero-order chi connectivity index (χ0) is 31.5. The first-order valence-corrected chi connectivity index (χ1v) is 15.1. The van der Waals surface area contributed by atoms with Gasteiger partial charge in [0.2, 0.25) is 0 Å². The Morgan fingerprint density at radius 2 is 1.73 bits per heavy atom. The second kappa shape index (κ2) is 12.8. The summed E-state index contributed by atoms with van der Waals surface area (Å²) in [4.78, 5) is 33.2. The van der Waals surface area contributed by atoms with Crippen LogP contribution >= 0.6 is 11.3 Å². The monoisotopic (exact) mass is 624 g/mol. The van der Waals surface area contributed by atoms with E-state index in [0.717, 1.165) is 23.3 Å². The van der Waals surface area contributed by atoms with Gasteiger partial charge in [0.05, 0.1) is 35.5 Å². The molecule has 1 aliphatic rings. The largest absolute Gasteiger partial charge is 0.507 e. The SMILES string of the molecule is CCCOc1ccc(/C(O)=C2\C(=O)C(=O)N(c3nc4ccc(F)cc4s3)C2c2ccc(OCc3ccccc3)c(OC)c2)cc1. The van der Waals surface area contributed by atoms with Crippen LogP contribution in [0.1, 0.15) is 36.1 Å². The fraction of sp³-hybridized carbons (Fsp3) is 0.171. The molecule has 1 atom stereocenters. The van der Waals surface area contributed by atoms with Crippen LogP contribution in [-0.2, 0) is 16.2 Å². The van der Waals surface area contributed by atoms with Gasteiger partial charge in [-0.15, -0.1) is 0 Å². The number of rotatable bonds is 10. The quantitative estimate of drug-likeness (QED) is 0.0980. The van der Waals surface area contributed by atoms with Crippen LogP contribution in [-0.4, -0.2) is 35.5 Å². The molecule has 4 aromatic carbocycles. The minimum absolute atomic E-state index is 0.118. The van der Waals surface area contributed by atoms with Crippen LogP contribution in [0, 0.1) is 5.82 Å². The van der Waals surface area contributed by atoms with Gasteiger partial charge in [-0.1, -0.05) is 54.7 Å². The summed E-state index contributed by atoms with van der Waals surface area (Å²) in [7, 11) is 1.50. The van der Waals surface area contributed by atoms with Gasteiger partial charge in [0, 0.05) is 5.56 Å². The number of carbonyl (C=O) groups excluding carboxylic acids is 2. The van der Waals surface area contributed by atoms with Gasteiger partial charge in [-0.05, 0) is 72.1 Å². The van der Waals surface area contributed by atoms with Crippen molar-refractivity contribution in [2.75, 3.05) is 18.6 Å². The average Bonchev–Trinajstić information content (AvgIpc) is 3.60. The van der Waals surface area contributed by atoms with E-state index in [-0.39, 0.29) is 16.5 Å². The zero-order valence-corrected chi connectivity index (χ0v) is 25.3. The summed E-state index contributed by atoms with van der Waals surface area (Å²) in [6, 6.07) is 24.4. The number of Topliss-reactive ketones (excluding diaryl/α,β-unsaturated/α-hetero) is 1. The van der Waals surface area contributed by atoms with E-state index in [9.17, 15) is 19.1 Å². The first kappa shape index (κ1) is 29.8. The molecule has 1 amide bonds. The third-order valence-electron chi connectivity index (χ3n) is 7.33. The number of halogens is 1.